The van der Waals surface area contributed by atoms with Gasteiger partial charge in [-0.2, -0.15) is 0 Å². The molecule has 0 aromatic heterocycles. The minimum Gasteiger partial charge on any atom is -0.493 e. The van der Waals surface area contributed by atoms with Crippen LogP contribution in [0.5, 0.6) is 17.2 Å². The summed E-state index contributed by atoms with van der Waals surface area (Å²) in [6, 6.07) is 21.7. The molecule has 3 rings (SSSR count). The fraction of sp³-hybridized carbons (Fsp3) is 0.208. The number of benzene rings is 3. The van der Waals surface area contributed by atoms with Crippen molar-refractivity contribution in [3.05, 3.63) is 88.9 Å². The number of carbonyl (C=O) groups excluding carboxylic acids is 1. The molecule has 0 fully saturated rings. The van der Waals surface area contributed by atoms with Gasteiger partial charge in [-0.25, -0.2) is 0 Å². The highest BCUT2D eigenvalue weighted by molar-refractivity contribution is 6.31. The van der Waals surface area contributed by atoms with E-state index in [1.165, 1.54) is 0 Å². The van der Waals surface area contributed by atoms with E-state index in [-0.39, 0.29) is 11.9 Å². The molecule has 5 nitrogen and oxygen atoms in total. The largest absolute Gasteiger partial charge is 0.493 e. The van der Waals surface area contributed by atoms with Gasteiger partial charge in [0.05, 0.1) is 13.2 Å². The quantitative estimate of drug-likeness (QED) is 0.516. The Morgan fingerprint density at radius 2 is 1.70 bits per heavy atom. The van der Waals surface area contributed by atoms with E-state index in [0.29, 0.717) is 41.0 Å². The van der Waals surface area contributed by atoms with Gasteiger partial charge in [0.15, 0.2) is 11.5 Å². The van der Waals surface area contributed by atoms with Crippen LogP contribution in [0.4, 0.5) is 0 Å². The lowest BCUT2D eigenvalue weighted by atomic mass is 10.2. The summed E-state index contributed by atoms with van der Waals surface area (Å²) in [7, 11) is 1.59. The zero-order chi connectivity index (χ0) is 21.3. The normalized spacial score (nSPS) is 11.4. The van der Waals surface area contributed by atoms with E-state index < -0.39 is 0 Å². The molecule has 1 amide bonds. The molecular formula is C24H24ClNO4. The van der Waals surface area contributed by atoms with Crippen molar-refractivity contribution >= 4 is 17.5 Å². The van der Waals surface area contributed by atoms with Gasteiger partial charge < -0.3 is 19.5 Å². The number of amides is 1. The van der Waals surface area contributed by atoms with Gasteiger partial charge in [-0.05, 0) is 43.3 Å². The molecule has 0 radical (unpaired) electrons. The second kappa shape index (κ2) is 10.6. The van der Waals surface area contributed by atoms with Crippen molar-refractivity contribution in [2.75, 3.05) is 13.7 Å². The average molecular weight is 426 g/mol. The van der Waals surface area contributed by atoms with Crippen LogP contribution >= 0.6 is 11.6 Å². The first-order valence-electron chi connectivity index (χ1n) is 9.59. The number of methoxy groups -OCH3 is 1. The predicted octanol–water partition coefficient (Wildman–Crippen LogP) is 5.12. The Morgan fingerprint density at radius 1 is 0.967 bits per heavy atom. The van der Waals surface area contributed by atoms with Gasteiger partial charge in [0, 0.05) is 16.1 Å². The number of rotatable bonds is 9. The van der Waals surface area contributed by atoms with Crippen molar-refractivity contribution in [1.29, 1.82) is 0 Å². The van der Waals surface area contributed by atoms with Gasteiger partial charge in [0.1, 0.15) is 19.0 Å². The van der Waals surface area contributed by atoms with Crippen LogP contribution in [0.15, 0.2) is 72.8 Å². The Labute approximate surface area is 181 Å². The maximum atomic E-state index is 12.6. The number of carbonyl (C=O) groups is 1. The number of hydrogen-bond donors (Lipinski definition) is 1. The summed E-state index contributed by atoms with van der Waals surface area (Å²) in [6.07, 6.45) is 0. The van der Waals surface area contributed by atoms with Crippen molar-refractivity contribution < 1.29 is 19.0 Å². The molecule has 1 unspecified atom stereocenters. The molecule has 0 bridgehead atoms. The van der Waals surface area contributed by atoms with E-state index in [1.807, 2.05) is 61.5 Å². The Morgan fingerprint density at radius 3 is 2.47 bits per heavy atom. The molecule has 0 spiro atoms. The molecule has 6 heteroatoms. The van der Waals surface area contributed by atoms with Crippen molar-refractivity contribution in [3.8, 4) is 17.2 Å². The van der Waals surface area contributed by atoms with Crippen LogP contribution in [0.3, 0.4) is 0 Å². The fourth-order valence-corrected chi connectivity index (χ4v) is 3.00. The van der Waals surface area contributed by atoms with E-state index in [9.17, 15) is 4.79 Å². The molecule has 1 atom stereocenters. The summed E-state index contributed by atoms with van der Waals surface area (Å²) in [6.45, 7) is 2.52. The third-order valence-electron chi connectivity index (χ3n) is 4.38. The first kappa shape index (κ1) is 21.5. The van der Waals surface area contributed by atoms with Crippen molar-refractivity contribution in [2.24, 2.45) is 0 Å². The predicted molar refractivity (Wildman–Crippen MR) is 118 cm³/mol. The molecule has 1 N–H and O–H groups in total. The third-order valence-corrected chi connectivity index (χ3v) is 4.75. The summed E-state index contributed by atoms with van der Waals surface area (Å²) < 4.78 is 16.8. The van der Waals surface area contributed by atoms with Gasteiger partial charge in [-0.1, -0.05) is 48.0 Å². The molecule has 156 valence electrons. The molecule has 0 aliphatic heterocycles. The van der Waals surface area contributed by atoms with E-state index in [0.717, 1.165) is 5.56 Å². The molecule has 0 aliphatic rings. The number of ether oxygens (including phenoxy) is 3. The molecule has 0 aliphatic carbocycles. The van der Waals surface area contributed by atoms with Crippen LogP contribution in [0.25, 0.3) is 0 Å². The van der Waals surface area contributed by atoms with Crippen molar-refractivity contribution in [2.45, 2.75) is 19.6 Å². The highest BCUT2D eigenvalue weighted by Crippen LogP contribution is 2.25. The number of halogens is 1. The lowest BCUT2D eigenvalue weighted by molar-refractivity contribution is 0.0925. The molecule has 3 aromatic carbocycles. The van der Waals surface area contributed by atoms with Crippen LogP contribution < -0.4 is 19.5 Å². The number of para-hydroxylation sites is 2. The minimum absolute atomic E-state index is 0.199. The average Bonchev–Trinajstić information content (AvgIpc) is 2.77. The van der Waals surface area contributed by atoms with E-state index in [1.54, 1.807) is 25.3 Å². The maximum absolute atomic E-state index is 12.6. The zero-order valence-corrected chi connectivity index (χ0v) is 17.7. The summed E-state index contributed by atoms with van der Waals surface area (Å²) in [5, 5.41) is 3.58. The molecular weight excluding hydrogens is 402 g/mol. The summed E-state index contributed by atoms with van der Waals surface area (Å²) in [4.78, 5) is 12.6. The van der Waals surface area contributed by atoms with Crippen LogP contribution in [0, 0.1) is 0 Å². The number of hydrogen-bond acceptors (Lipinski definition) is 4. The summed E-state index contributed by atoms with van der Waals surface area (Å²) in [5.41, 5.74) is 1.40. The smallest absolute Gasteiger partial charge is 0.251 e. The highest BCUT2D eigenvalue weighted by Gasteiger charge is 2.12. The van der Waals surface area contributed by atoms with E-state index >= 15 is 0 Å². The maximum Gasteiger partial charge on any atom is 0.251 e. The van der Waals surface area contributed by atoms with Crippen LogP contribution in [-0.4, -0.2) is 25.7 Å². The molecule has 0 saturated carbocycles. The first-order chi connectivity index (χ1) is 14.6. The van der Waals surface area contributed by atoms with Gasteiger partial charge in [0.2, 0.25) is 0 Å². The van der Waals surface area contributed by atoms with Gasteiger partial charge >= 0.3 is 0 Å². The van der Waals surface area contributed by atoms with Crippen LogP contribution in [0.2, 0.25) is 5.02 Å². The summed E-state index contributed by atoms with van der Waals surface area (Å²) in [5.74, 6) is 1.69. The molecule has 0 heterocycles. The fourth-order valence-electron chi connectivity index (χ4n) is 2.81. The van der Waals surface area contributed by atoms with E-state index in [2.05, 4.69) is 5.32 Å². The zero-order valence-electron chi connectivity index (χ0n) is 16.9. The molecule has 3 aromatic rings. The highest BCUT2D eigenvalue weighted by atomic mass is 35.5. The standard InChI is InChI=1S/C24H24ClNO4/c1-17(15-30-23-13-6-5-12-22(23)28-2)26-24(27)18-9-7-10-20(14-18)29-16-19-8-3-4-11-21(19)25/h3-14,17H,15-16H2,1-2H3,(H,26,27). The van der Waals surface area contributed by atoms with Crippen molar-refractivity contribution in [3.63, 3.8) is 0 Å². The Balaban J connectivity index is 1.54. The second-order valence-corrected chi connectivity index (χ2v) is 7.15. The topological polar surface area (TPSA) is 56.8 Å². The Bertz CT molecular complexity index is 992. The van der Waals surface area contributed by atoms with Gasteiger partial charge in [-0.15, -0.1) is 0 Å². The van der Waals surface area contributed by atoms with Crippen LogP contribution in [-0.2, 0) is 6.61 Å². The lowest BCUT2D eigenvalue weighted by Gasteiger charge is -2.17. The number of nitrogens with one attached hydrogen (secondary N) is 1. The SMILES string of the molecule is COc1ccccc1OCC(C)NC(=O)c1cccc(OCc2ccccc2Cl)c1. The van der Waals surface area contributed by atoms with Crippen LogP contribution in [0.1, 0.15) is 22.8 Å². The monoisotopic (exact) mass is 425 g/mol. The molecule has 30 heavy (non-hydrogen) atoms. The van der Waals surface area contributed by atoms with E-state index in [4.69, 9.17) is 25.8 Å². The first-order valence-corrected chi connectivity index (χ1v) is 9.97. The summed E-state index contributed by atoms with van der Waals surface area (Å²) >= 11 is 6.16. The Kier molecular flexibility index (Phi) is 7.57. The minimum atomic E-state index is -0.200. The Hall–Kier alpha value is -3.18. The van der Waals surface area contributed by atoms with Gasteiger partial charge in [-0.3, -0.25) is 4.79 Å². The van der Waals surface area contributed by atoms with Crippen molar-refractivity contribution in [1.82, 2.24) is 5.32 Å². The van der Waals surface area contributed by atoms with Gasteiger partial charge in [0.25, 0.3) is 5.91 Å². The lowest BCUT2D eigenvalue weighted by Crippen LogP contribution is -2.36. The molecule has 0 saturated heterocycles. The second-order valence-electron chi connectivity index (χ2n) is 6.74. The third kappa shape index (κ3) is 5.91.